The monoisotopic (exact) mass is 242 g/mol. The number of nitrogens with zero attached hydrogens (tertiary/aromatic N) is 3. The average Bonchev–Trinajstić information content (AvgIpc) is 2.68. The van der Waals surface area contributed by atoms with Crippen LogP contribution in [0.15, 0.2) is 36.7 Å². The number of aryl methyl sites for hydroxylation is 1. The fraction of sp³-hybridized carbons (Fsp3) is 0.357. The highest BCUT2D eigenvalue weighted by atomic mass is 15.2. The van der Waals surface area contributed by atoms with E-state index in [9.17, 15) is 0 Å². The molecule has 0 aliphatic carbocycles. The van der Waals surface area contributed by atoms with Crippen molar-refractivity contribution in [2.75, 3.05) is 23.3 Å². The molecule has 94 valence electrons. The molecule has 0 radical (unpaired) electrons. The SMILES string of the molecule is Cn1ccnc1CN1CCCNc2ccccc21. The van der Waals surface area contributed by atoms with Gasteiger partial charge in [0.15, 0.2) is 0 Å². The number of hydrogen-bond donors (Lipinski definition) is 1. The van der Waals surface area contributed by atoms with Crippen LogP contribution in [-0.2, 0) is 13.6 Å². The summed E-state index contributed by atoms with van der Waals surface area (Å²) in [6.07, 6.45) is 5.01. The summed E-state index contributed by atoms with van der Waals surface area (Å²) >= 11 is 0. The lowest BCUT2D eigenvalue weighted by atomic mass is 10.2. The Morgan fingerprint density at radius 3 is 3.06 bits per heavy atom. The Morgan fingerprint density at radius 1 is 1.33 bits per heavy atom. The molecule has 1 aliphatic heterocycles. The maximum atomic E-state index is 4.41. The summed E-state index contributed by atoms with van der Waals surface area (Å²) in [5, 5.41) is 3.48. The van der Waals surface area contributed by atoms with E-state index in [0.717, 1.165) is 31.9 Å². The Hall–Kier alpha value is -1.97. The van der Waals surface area contributed by atoms with Gasteiger partial charge in [0, 0.05) is 32.5 Å². The van der Waals surface area contributed by atoms with Gasteiger partial charge in [-0.15, -0.1) is 0 Å². The minimum atomic E-state index is 0.863. The van der Waals surface area contributed by atoms with Gasteiger partial charge in [-0.05, 0) is 18.6 Å². The Bertz CT molecular complexity index is 532. The van der Waals surface area contributed by atoms with Gasteiger partial charge in [-0.1, -0.05) is 12.1 Å². The molecule has 3 rings (SSSR count). The predicted molar refractivity (Wildman–Crippen MR) is 73.8 cm³/mol. The molecule has 0 saturated carbocycles. The van der Waals surface area contributed by atoms with Crippen LogP contribution in [0.5, 0.6) is 0 Å². The molecule has 4 heteroatoms. The van der Waals surface area contributed by atoms with Gasteiger partial charge >= 0.3 is 0 Å². The highest BCUT2D eigenvalue weighted by Gasteiger charge is 2.15. The maximum Gasteiger partial charge on any atom is 0.127 e. The van der Waals surface area contributed by atoms with Gasteiger partial charge in [-0.2, -0.15) is 0 Å². The van der Waals surface area contributed by atoms with E-state index >= 15 is 0 Å². The molecule has 0 amide bonds. The van der Waals surface area contributed by atoms with Crippen molar-refractivity contribution in [1.82, 2.24) is 9.55 Å². The summed E-state index contributed by atoms with van der Waals surface area (Å²) < 4.78 is 2.08. The number of aromatic nitrogens is 2. The third kappa shape index (κ3) is 2.06. The van der Waals surface area contributed by atoms with Gasteiger partial charge in [0.2, 0.25) is 0 Å². The zero-order valence-corrected chi connectivity index (χ0v) is 10.6. The first kappa shape index (κ1) is 11.1. The van der Waals surface area contributed by atoms with Crippen LogP contribution in [-0.4, -0.2) is 22.6 Å². The molecule has 2 aromatic rings. The molecule has 0 bridgehead atoms. The standard InChI is InChI=1S/C14H18N4/c1-17-10-8-16-14(17)11-18-9-4-7-15-12-5-2-3-6-13(12)18/h2-3,5-6,8,10,15H,4,7,9,11H2,1H3. The zero-order valence-electron chi connectivity index (χ0n) is 10.6. The normalized spacial score (nSPS) is 14.8. The predicted octanol–water partition coefficient (Wildman–Crippen LogP) is 2.24. The summed E-state index contributed by atoms with van der Waals surface area (Å²) in [5.41, 5.74) is 2.50. The van der Waals surface area contributed by atoms with Crippen LogP contribution in [0.2, 0.25) is 0 Å². The number of para-hydroxylation sites is 2. The van der Waals surface area contributed by atoms with E-state index in [4.69, 9.17) is 0 Å². The quantitative estimate of drug-likeness (QED) is 0.876. The highest BCUT2D eigenvalue weighted by molar-refractivity contribution is 5.70. The summed E-state index contributed by atoms with van der Waals surface area (Å²) in [6, 6.07) is 8.50. The first-order chi connectivity index (χ1) is 8.84. The third-order valence-corrected chi connectivity index (χ3v) is 3.42. The molecule has 4 nitrogen and oxygen atoms in total. The molecule has 0 spiro atoms. The Balaban J connectivity index is 1.90. The van der Waals surface area contributed by atoms with Crippen LogP contribution < -0.4 is 10.2 Å². The lowest BCUT2D eigenvalue weighted by Crippen LogP contribution is -2.24. The molecule has 0 unspecified atom stereocenters. The Morgan fingerprint density at radius 2 is 2.22 bits per heavy atom. The molecule has 0 fully saturated rings. The van der Waals surface area contributed by atoms with Crippen molar-refractivity contribution in [3.8, 4) is 0 Å². The molecule has 1 N–H and O–H groups in total. The molecule has 1 aromatic carbocycles. The van der Waals surface area contributed by atoms with Crippen LogP contribution >= 0.6 is 0 Å². The van der Waals surface area contributed by atoms with Crippen molar-refractivity contribution in [3.05, 3.63) is 42.5 Å². The highest BCUT2D eigenvalue weighted by Crippen LogP contribution is 2.28. The molecule has 2 heterocycles. The van der Waals surface area contributed by atoms with Gasteiger partial charge in [0.25, 0.3) is 0 Å². The first-order valence-corrected chi connectivity index (χ1v) is 6.38. The largest absolute Gasteiger partial charge is 0.383 e. The fourth-order valence-corrected chi connectivity index (χ4v) is 2.40. The third-order valence-electron chi connectivity index (χ3n) is 3.42. The number of fused-ring (bicyclic) bond motifs is 1. The summed E-state index contributed by atoms with van der Waals surface area (Å²) in [4.78, 5) is 6.81. The maximum absolute atomic E-state index is 4.41. The number of imidazole rings is 1. The number of anilines is 2. The second-order valence-corrected chi connectivity index (χ2v) is 4.67. The van der Waals surface area contributed by atoms with Crippen molar-refractivity contribution in [1.29, 1.82) is 0 Å². The van der Waals surface area contributed by atoms with Crippen LogP contribution in [0, 0.1) is 0 Å². The molecule has 18 heavy (non-hydrogen) atoms. The van der Waals surface area contributed by atoms with Gasteiger partial charge in [-0.3, -0.25) is 0 Å². The molecule has 0 saturated heterocycles. The van der Waals surface area contributed by atoms with Crippen molar-refractivity contribution in [2.24, 2.45) is 7.05 Å². The van der Waals surface area contributed by atoms with E-state index in [1.54, 1.807) is 0 Å². The zero-order chi connectivity index (χ0) is 12.4. The van der Waals surface area contributed by atoms with Crippen molar-refractivity contribution >= 4 is 11.4 Å². The second kappa shape index (κ2) is 4.72. The smallest absolute Gasteiger partial charge is 0.127 e. The number of nitrogens with one attached hydrogen (secondary N) is 1. The van der Waals surface area contributed by atoms with E-state index in [2.05, 4.69) is 44.0 Å². The van der Waals surface area contributed by atoms with E-state index in [-0.39, 0.29) is 0 Å². The Kier molecular flexibility index (Phi) is 2.92. The number of benzene rings is 1. The van der Waals surface area contributed by atoms with Crippen LogP contribution in [0.1, 0.15) is 12.2 Å². The van der Waals surface area contributed by atoms with Crippen molar-refractivity contribution in [3.63, 3.8) is 0 Å². The van der Waals surface area contributed by atoms with Crippen LogP contribution in [0.25, 0.3) is 0 Å². The van der Waals surface area contributed by atoms with Crippen LogP contribution in [0.4, 0.5) is 11.4 Å². The summed E-state index contributed by atoms with van der Waals surface area (Å²) in [7, 11) is 2.05. The van der Waals surface area contributed by atoms with Gasteiger partial charge in [-0.25, -0.2) is 4.98 Å². The van der Waals surface area contributed by atoms with Gasteiger partial charge in [0.1, 0.15) is 5.82 Å². The molecule has 1 aromatic heterocycles. The molecular weight excluding hydrogens is 224 g/mol. The molecule has 1 aliphatic rings. The minimum Gasteiger partial charge on any atom is -0.383 e. The molecule has 0 atom stereocenters. The Labute approximate surface area is 107 Å². The first-order valence-electron chi connectivity index (χ1n) is 6.38. The van der Waals surface area contributed by atoms with E-state index in [0.29, 0.717) is 0 Å². The second-order valence-electron chi connectivity index (χ2n) is 4.67. The van der Waals surface area contributed by atoms with Crippen molar-refractivity contribution in [2.45, 2.75) is 13.0 Å². The summed E-state index contributed by atoms with van der Waals surface area (Å²) in [6.45, 7) is 2.97. The minimum absolute atomic E-state index is 0.863. The fourth-order valence-electron chi connectivity index (χ4n) is 2.40. The average molecular weight is 242 g/mol. The van der Waals surface area contributed by atoms with Gasteiger partial charge < -0.3 is 14.8 Å². The van der Waals surface area contributed by atoms with E-state index in [1.165, 1.54) is 11.4 Å². The lowest BCUT2D eigenvalue weighted by Gasteiger charge is -2.24. The van der Waals surface area contributed by atoms with Crippen LogP contribution in [0.3, 0.4) is 0 Å². The number of hydrogen-bond acceptors (Lipinski definition) is 3. The lowest BCUT2D eigenvalue weighted by molar-refractivity contribution is 0.704. The van der Waals surface area contributed by atoms with E-state index < -0.39 is 0 Å². The van der Waals surface area contributed by atoms with Crippen molar-refractivity contribution < 1.29 is 0 Å². The van der Waals surface area contributed by atoms with Gasteiger partial charge in [0.05, 0.1) is 17.9 Å². The van der Waals surface area contributed by atoms with E-state index in [1.807, 2.05) is 19.4 Å². The topological polar surface area (TPSA) is 33.1 Å². The molecular formula is C14H18N4. The summed E-state index contributed by atoms with van der Waals surface area (Å²) in [5.74, 6) is 1.10. The number of rotatable bonds is 2.